The van der Waals surface area contributed by atoms with E-state index in [1.54, 1.807) is 4.31 Å². The summed E-state index contributed by atoms with van der Waals surface area (Å²) in [5, 5.41) is 0.300. The average molecular weight is 318 g/mol. The van der Waals surface area contributed by atoms with E-state index in [0.29, 0.717) is 24.2 Å². The molecule has 0 amide bonds. The van der Waals surface area contributed by atoms with Gasteiger partial charge in [0, 0.05) is 25.8 Å². The molecule has 20 heavy (non-hydrogen) atoms. The topological polar surface area (TPSA) is 53.5 Å². The summed E-state index contributed by atoms with van der Waals surface area (Å²) in [6, 6.07) is 3.02. The SMILES string of the molecule is CN(C)CC1CCN(S(=O)(=O)c2ccc(Cl)nc2)CC1. The van der Waals surface area contributed by atoms with Crippen LogP contribution in [0, 0.1) is 5.92 Å². The molecule has 0 aliphatic carbocycles. The monoisotopic (exact) mass is 317 g/mol. The van der Waals surface area contributed by atoms with Gasteiger partial charge in [0.05, 0.1) is 0 Å². The normalized spacial score (nSPS) is 18.6. The van der Waals surface area contributed by atoms with E-state index in [1.165, 1.54) is 18.3 Å². The van der Waals surface area contributed by atoms with Gasteiger partial charge in [-0.2, -0.15) is 4.31 Å². The number of rotatable bonds is 4. The zero-order valence-corrected chi connectivity index (χ0v) is 13.4. The molecule has 1 aliphatic rings. The van der Waals surface area contributed by atoms with Crippen LogP contribution in [0.25, 0.3) is 0 Å². The third-order valence-corrected chi connectivity index (χ3v) is 5.64. The van der Waals surface area contributed by atoms with Crippen molar-refractivity contribution in [2.75, 3.05) is 33.7 Å². The highest BCUT2D eigenvalue weighted by Crippen LogP contribution is 2.24. The van der Waals surface area contributed by atoms with Crippen molar-refractivity contribution in [3.05, 3.63) is 23.5 Å². The molecule has 1 fully saturated rings. The number of pyridine rings is 1. The Bertz CT molecular complexity index is 537. The minimum Gasteiger partial charge on any atom is -0.309 e. The Kier molecular flexibility index (Phi) is 5.01. The highest BCUT2D eigenvalue weighted by atomic mass is 35.5. The molecule has 2 heterocycles. The minimum absolute atomic E-state index is 0.216. The first-order chi connectivity index (χ1) is 9.39. The molecule has 0 bridgehead atoms. The Labute approximate surface area is 125 Å². The first-order valence-electron chi connectivity index (χ1n) is 6.66. The Morgan fingerprint density at radius 3 is 2.50 bits per heavy atom. The number of hydrogen-bond acceptors (Lipinski definition) is 4. The molecule has 1 aromatic heterocycles. The molecule has 7 heteroatoms. The van der Waals surface area contributed by atoms with Gasteiger partial charge in [0.15, 0.2) is 0 Å². The summed E-state index contributed by atoms with van der Waals surface area (Å²) in [4.78, 5) is 6.21. The predicted octanol–water partition coefficient (Wildman–Crippen LogP) is 1.70. The lowest BCUT2D eigenvalue weighted by Gasteiger charge is -2.32. The van der Waals surface area contributed by atoms with Crippen molar-refractivity contribution in [1.82, 2.24) is 14.2 Å². The molecular weight excluding hydrogens is 298 g/mol. The van der Waals surface area contributed by atoms with Crippen LogP contribution in [0.2, 0.25) is 5.15 Å². The zero-order chi connectivity index (χ0) is 14.8. The fourth-order valence-electron chi connectivity index (χ4n) is 2.51. The van der Waals surface area contributed by atoms with Gasteiger partial charge in [0.25, 0.3) is 0 Å². The zero-order valence-electron chi connectivity index (χ0n) is 11.8. The molecule has 2 rings (SSSR count). The van der Waals surface area contributed by atoms with Crippen LogP contribution in [0.5, 0.6) is 0 Å². The third kappa shape index (κ3) is 3.69. The molecule has 112 valence electrons. The molecule has 0 radical (unpaired) electrons. The molecular formula is C13H20ClN3O2S. The van der Waals surface area contributed by atoms with Crippen LogP contribution >= 0.6 is 11.6 Å². The second kappa shape index (κ2) is 6.39. The third-order valence-electron chi connectivity index (χ3n) is 3.53. The van der Waals surface area contributed by atoms with E-state index < -0.39 is 10.0 Å². The van der Waals surface area contributed by atoms with Crippen LogP contribution in [0.1, 0.15) is 12.8 Å². The van der Waals surface area contributed by atoms with Crippen molar-refractivity contribution in [3.63, 3.8) is 0 Å². The smallest absolute Gasteiger partial charge is 0.244 e. The largest absolute Gasteiger partial charge is 0.309 e. The van der Waals surface area contributed by atoms with Gasteiger partial charge in [-0.25, -0.2) is 13.4 Å². The van der Waals surface area contributed by atoms with E-state index in [-0.39, 0.29) is 4.90 Å². The van der Waals surface area contributed by atoms with E-state index in [2.05, 4.69) is 9.88 Å². The van der Waals surface area contributed by atoms with Crippen LogP contribution in [-0.4, -0.2) is 56.3 Å². The van der Waals surface area contributed by atoms with Crippen LogP contribution < -0.4 is 0 Å². The highest BCUT2D eigenvalue weighted by Gasteiger charge is 2.29. The number of halogens is 1. The first kappa shape index (κ1) is 15.7. The van der Waals surface area contributed by atoms with Gasteiger partial charge in [-0.05, 0) is 45.0 Å². The van der Waals surface area contributed by atoms with Gasteiger partial charge in [-0.1, -0.05) is 11.6 Å². The van der Waals surface area contributed by atoms with E-state index in [0.717, 1.165) is 19.4 Å². The van der Waals surface area contributed by atoms with Crippen LogP contribution in [0.3, 0.4) is 0 Å². The number of nitrogens with zero attached hydrogens (tertiary/aromatic N) is 3. The fourth-order valence-corrected chi connectivity index (χ4v) is 4.04. The summed E-state index contributed by atoms with van der Waals surface area (Å²) in [6.07, 6.45) is 3.13. The first-order valence-corrected chi connectivity index (χ1v) is 8.48. The molecule has 0 saturated carbocycles. The quantitative estimate of drug-likeness (QED) is 0.793. The maximum atomic E-state index is 12.5. The second-order valence-corrected chi connectivity index (χ2v) is 7.75. The molecule has 5 nitrogen and oxygen atoms in total. The molecule has 0 aromatic carbocycles. The molecule has 0 N–H and O–H groups in total. The molecule has 1 aromatic rings. The van der Waals surface area contributed by atoms with Gasteiger partial charge in [-0.15, -0.1) is 0 Å². The maximum absolute atomic E-state index is 12.5. The van der Waals surface area contributed by atoms with Crippen molar-refractivity contribution in [1.29, 1.82) is 0 Å². The van der Waals surface area contributed by atoms with Gasteiger partial charge in [0.1, 0.15) is 10.0 Å². The molecule has 0 atom stereocenters. The van der Waals surface area contributed by atoms with E-state index in [9.17, 15) is 8.42 Å². The second-order valence-electron chi connectivity index (χ2n) is 5.43. The van der Waals surface area contributed by atoms with E-state index >= 15 is 0 Å². The van der Waals surface area contributed by atoms with Gasteiger partial charge in [0.2, 0.25) is 10.0 Å². The highest BCUT2D eigenvalue weighted by molar-refractivity contribution is 7.89. The van der Waals surface area contributed by atoms with Crippen molar-refractivity contribution in [3.8, 4) is 0 Å². The van der Waals surface area contributed by atoms with Crippen LogP contribution in [-0.2, 0) is 10.0 Å². The number of sulfonamides is 1. The lowest BCUT2D eigenvalue weighted by atomic mass is 9.98. The number of aromatic nitrogens is 1. The summed E-state index contributed by atoms with van der Waals surface area (Å²) in [7, 11) is 0.656. The Hall–Kier alpha value is -0.690. The van der Waals surface area contributed by atoms with Crippen molar-refractivity contribution in [2.24, 2.45) is 5.92 Å². The molecule has 0 spiro atoms. The Morgan fingerprint density at radius 1 is 1.35 bits per heavy atom. The summed E-state index contributed by atoms with van der Waals surface area (Å²) < 4.78 is 26.5. The summed E-state index contributed by atoms with van der Waals surface area (Å²) in [5.74, 6) is 0.569. The minimum atomic E-state index is -3.43. The maximum Gasteiger partial charge on any atom is 0.244 e. The molecule has 1 aliphatic heterocycles. The number of piperidine rings is 1. The molecule has 0 unspecified atom stereocenters. The van der Waals surface area contributed by atoms with Crippen molar-refractivity contribution in [2.45, 2.75) is 17.7 Å². The average Bonchev–Trinajstić information content (AvgIpc) is 2.39. The Balaban J connectivity index is 2.04. The molecule has 1 saturated heterocycles. The fraction of sp³-hybridized carbons (Fsp3) is 0.615. The van der Waals surface area contributed by atoms with Gasteiger partial charge >= 0.3 is 0 Å². The van der Waals surface area contributed by atoms with E-state index in [4.69, 9.17) is 11.6 Å². The van der Waals surface area contributed by atoms with Crippen molar-refractivity contribution >= 4 is 21.6 Å². The van der Waals surface area contributed by atoms with E-state index in [1.807, 2.05) is 14.1 Å². The van der Waals surface area contributed by atoms with Gasteiger partial charge < -0.3 is 4.90 Å². The summed E-state index contributed by atoms with van der Waals surface area (Å²) in [6.45, 7) is 2.16. The van der Waals surface area contributed by atoms with Gasteiger partial charge in [-0.3, -0.25) is 0 Å². The standard InChI is InChI=1S/C13H20ClN3O2S/c1-16(2)10-11-5-7-17(8-6-11)20(18,19)12-3-4-13(14)15-9-12/h3-4,9,11H,5-8,10H2,1-2H3. The number of hydrogen-bond donors (Lipinski definition) is 0. The van der Waals surface area contributed by atoms with Crippen LogP contribution in [0.15, 0.2) is 23.2 Å². The lowest BCUT2D eigenvalue weighted by Crippen LogP contribution is -2.40. The van der Waals surface area contributed by atoms with Crippen molar-refractivity contribution < 1.29 is 8.42 Å². The Morgan fingerprint density at radius 2 is 2.00 bits per heavy atom. The summed E-state index contributed by atoms with van der Waals surface area (Å²) >= 11 is 5.69. The predicted molar refractivity (Wildman–Crippen MR) is 79.3 cm³/mol. The lowest BCUT2D eigenvalue weighted by molar-refractivity contribution is 0.225. The summed E-state index contributed by atoms with van der Waals surface area (Å²) in [5.41, 5.74) is 0. The van der Waals surface area contributed by atoms with Crippen LogP contribution in [0.4, 0.5) is 0 Å².